The fourth-order valence-electron chi connectivity index (χ4n) is 2.47. The molecule has 1 atom stereocenters. The summed E-state index contributed by atoms with van der Waals surface area (Å²) >= 11 is 1.22. The molecule has 0 aliphatic heterocycles. The third-order valence-electron chi connectivity index (χ3n) is 3.83. The van der Waals surface area contributed by atoms with Crippen LogP contribution in [0.2, 0.25) is 0 Å². The van der Waals surface area contributed by atoms with Gasteiger partial charge in [0.2, 0.25) is 0 Å². The van der Waals surface area contributed by atoms with Crippen LogP contribution in [0.15, 0.2) is 48.5 Å². The maximum Gasteiger partial charge on any atom is 0.312 e. The third-order valence-corrected chi connectivity index (χ3v) is 4.43. The molecule has 2 aromatic carbocycles. The van der Waals surface area contributed by atoms with Gasteiger partial charge in [-0.15, -0.1) is 0 Å². The number of hydrogen-bond donors (Lipinski definition) is 0. The molecular formula is C19H20O3S. The van der Waals surface area contributed by atoms with Crippen LogP contribution >= 0.6 is 11.8 Å². The predicted octanol–water partition coefficient (Wildman–Crippen LogP) is 4.06. The summed E-state index contributed by atoms with van der Waals surface area (Å²) in [7, 11) is 1.38. The van der Waals surface area contributed by atoms with E-state index >= 15 is 0 Å². The van der Waals surface area contributed by atoms with Gasteiger partial charge in [0.25, 0.3) is 0 Å². The van der Waals surface area contributed by atoms with E-state index in [-0.39, 0.29) is 17.0 Å². The topological polar surface area (TPSA) is 43.4 Å². The van der Waals surface area contributed by atoms with Crippen molar-refractivity contribution in [1.29, 1.82) is 0 Å². The summed E-state index contributed by atoms with van der Waals surface area (Å²) in [6.07, 6.45) is 2.12. The maximum atomic E-state index is 11.9. The minimum Gasteiger partial charge on any atom is -0.469 e. The molecule has 0 N–H and O–H groups in total. The standard InChI is InChI=1S/C19H20O3S/c1-13(19(21)22-2)15-9-10-17(14-7-5-4-6-8-14)16(11-15)12-18(20)23-3/h4-11,13H,12H2,1-3H3. The van der Waals surface area contributed by atoms with Gasteiger partial charge in [-0.1, -0.05) is 60.3 Å². The number of hydrogen-bond acceptors (Lipinski definition) is 4. The minimum absolute atomic E-state index is 0.102. The van der Waals surface area contributed by atoms with E-state index in [0.717, 1.165) is 22.3 Å². The number of carbonyl (C=O) groups excluding carboxylic acids is 2. The zero-order chi connectivity index (χ0) is 16.8. The van der Waals surface area contributed by atoms with E-state index in [1.807, 2.05) is 55.5 Å². The summed E-state index contributed by atoms with van der Waals surface area (Å²) < 4.78 is 4.81. The van der Waals surface area contributed by atoms with E-state index in [2.05, 4.69) is 0 Å². The molecule has 4 heteroatoms. The molecular weight excluding hydrogens is 308 g/mol. The molecule has 3 nitrogen and oxygen atoms in total. The quantitative estimate of drug-likeness (QED) is 0.776. The summed E-state index contributed by atoms with van der Waals surface area (Å²) in [4.78, 5) is 23.7. The lowest BCUT2D eigenvalue weighted by molar-refractivity contribution is -0.142. The molecule has 0 aromatic heterocycles. The van der Waals surface area contributed by atoms with Gasteiger partial charge in [-0.05, 0) is 35.4 Å². The second-order valence-electron chi connectivity index (χ2n) is 5.28. The van der Waals surface area contributed by atoms with Crippen LogP contribution in [0.3, 0.4) is 0 Å². The van der Waals surface area contributed by atoms with Crippen LogP contribution in [-0.2, 0) is 20.7 Å². The van der Waals surface area contributed by atoms with Crippen molar-refractivity contribution >= 4 is 22.8 Å². The van der Waals surface area contributed by atoms with Crippen LogP contribution in [0.25, 0.3) is 11.1 Å². The van der Waals surface area contributed by atoms with Crippen molar-refractivity contribution in [3.8, 4) is 11.1 Å². The Hall–Kier alpha value is -2.07. The molecule has 0 heterocycles. The number of esters is 1. The molecule has 2 rings (SSSR count). The first-order valence-corrected chi connectivity index (χ1v) is 8.62. The van der Waals surface area contributed by atoms with Gasteiger partial charge in [-0.25, -0.2) is 0 Å². The van der Waals surface area contributed by atoms with Crippen LogP contribution in [-0.4, -0.2) is 24.5 Å². The molecule has 120 valence electrons. The highest BCUT2D eigenvalue weighted by Gasteiger charge is 2.18. The summed E-state index contributed by atoms with van der Waals surface area (Å²) in [6.45, 7) is 1.81. The van der Waals surface area contributed by atoms with E-state index in [9.17, 15) is 9.59 Å². The van der Waals surface area contributed by atoms with Gasteiger partial charge in [0.05, 0.1) is 13.0 Å². The molecule has 0 radical (unpaired) electrons. The van der Waals surface area contributed by atoms with Crippen molar-refractivity contribution < 1.29 is 14.3 Å². The molecule has 0 aliphatic carbocycles. The second-order valence-corrected chi connectivity index (χ2v) is 6.14. The second kappa shape index (κ2) is 7.97. The zero-order valence-corrected chi connectivity index (χ0v) is 14.4. The minimum atomic E-state index is -0.354. The molecule has 0 bridgehead atoms. The third kappa shape index (κ3) is 4.23. The maximum absolute atomic E-state index is 11.9. The lowest BCUT2D eigenvalue weighted by Crippen LogP contribution is -2.11. The van der Waals surface area contributed by atoms with Crippen LogP contribution < -0.4 is 0 Å². The van der Waals surface area contributed by atoms with Crippen molar-refractivity contribution in [2.45, 2.75) is 19.3 Å². The first-order chi connectivity index (χ1) is 11.1. The first kappa shape index (κ1) is 17.3. The van der Waals surface area contributed by atoms with Crippen molar-refractivity contribution in [1.82, 2.24) is 0 Å². The van der Waals surface area contributed by atoms with E-state index in [1.54, 1.807) is 6.26 Å². The van der Waals surface area contributed by atoms with E-state index in [1.165, 1.54) is 18.9 Å². The lowest BCUT2D eigenvalue weighted by atomic mass is 9.92. The van der Waals surface area contributed by atoms with Gasteiger partial charge >= 0.3 is 5.97 Å². The Bertz CT molecular complexity index is 695. The fourth-order valence-corrected chi connectivity index (χ4v) is 2.77. The lowest BCUT2D eigenvalue weighted by Gasteiger charge is -2.15. The monoisotopic (exact) mass is 328 g/mol. The average molecular weight is 328 g/mol. The Kier molecular flexibility index (Phi) is 5.99. The Morgan fingerprint density at radius 3 is 2.43 bits per heavy atom. The summed E-state index contributed by atoms with van der Waals surface area (Å²) in [5, 5.41) is 0.102. The molecule has 0 saturated heterocycles. The van der Waals surface area contributed by atoms with Crippen molar-refractivity contribution in [3.05, 3.63) is 59.7 Å². The molecule has 1 unspecified atom stereocenters. The number of ether oxygens (including phenoxy) is 1. The van der Waals surface area contributed by atoms with E-state index in [0.29, 0.717) is 6.42 Å². The first-order valence-electron chi connectivity index (χ1n) is 7.39. The van der Waals surface area contributed by atoms with Crippen LogP contribution in [0.5, 0.6) is 0 Å². The average Bonchev–Trinajstić information content (AvgIpc) is 2.60. The highest BCUT2D eigenvalue weighted by Crippen LogP contribution is 2.29. The Morgan fingerprint density at radius 2 is 1.83 bits per heavy atom. The highest BCUT2D eigenvalue weighted by molar-refractivity contribution is 8.13. The van der Waals surface area contributed by atoms with Crippen molar-refractivity contribution in [2.75, 3.05) is 13.4 Å². The molecule has 0 spiro atoms. The number of thioether (sulfide) groups is 1. The van der Waals surface area contributed by atoms with Gasteiger partial charge in [0, 0.05) is 6.42 Å². The van der Waals surface area contributed by atoms with Crippen LogP contribution in [0.1, 0.15) is 24.0 Å². The summed E-state index contributed by atoms with van der Waals surface area (Å²) in [5.41, 5.74) is 3.88. The van der Waals surface area contributed by atoms with Gasteiger partial charge < -0.3 is 4.74 Å². The zero-order valence-electron chi connectivity index (χ0n) is 13.5. The van der Waals surface area contributed by atoms with Crippen LogP contribution in [0, 0.1) is 0 Å². The van der Waals surface area contributed by atoms with Crippen molar-refractivity contribution in [2.24, 2.45) is 0 Å². The van der Waals surface area contributed by atoms with Gasteiger partial charge in [0.1, 0.15) is 0 Å². The van der Waals surface area contributed by atoms with Gasteiger partial charge in [-0.3, -0.25) is 9.59 Å². The van der Waals surface area contributed by atoms with Crippen molar-refractivity contribution in [3.63, 3.8) is 0 Å². The number of methoxy groups -OCH3 is 1. The summed E-state index contributed by atoms with van der Waals surface area (Å²) in [5.74, 6) is -0.632. The van der Waals surface area contributed by atoms with E-state index < -0.39 is 0 Å². The SMILES string of the molecule is COC(=O)C(C)c1ccc(-c2ccccc2)c(CC(=O)SC)c1. The normalized spacial score (nSPS) is 11.8. The fraction of sp³-hybridized carbons (Fsp3) is 0.263. The molecule has 23 heavy (non-hydrogen) atoms. The summed E-state index contributed by atoms with van der Waals surface area (Å²) in [6, 6.07) is 15.8. The van der Waals surface area contributed by atoms with Gasteiger partial charge in [0.15, 0.2) is 5.12 Å². The smallest absolute Gasteiger partial charge is 0.312 e. The molecule has 0 amide bonds. The Labute approximate surface area is 141 Å². The Morgan fingerprint density at radius 1 is 1.13 bits per heavy atom. The highest BCUT2D eigenvalue weighted by atomic mass is 32.2. The van der Waals surface area contributed by atoms with Crippen LogP contribution in [0.4, 0.5) is 0 Å². The van der Waals surface area contributed by atoms with Gasteiger partial charge in [-0.2, -0.15) is 0 Å². The van der Waals surface area contributed by atoms with E-state index in [4.69, 9.17) is 4.74 Å². The largest absolute Gasteiger partial charge is 0.469 e. The molecule has 0 aliphatic rings. The number of benzene rings is 2. The number of carbonyl (C=O) groups is 2. The molecule has 0 saturated carbocycles. The molecule has 2 aromatic rings. The molecule has 0 fully saturated rings. The number of rotatable bonds is 5. The Balaban J connectivity index is 2.46. The predicted molar refractivity (Wildman–Crippen MR) is 94.5 cm³/mol.